The zero-order chi connectivity index (χ0) is 11.3. The number of carboxylic acid groups (broad SMARTS) is 1. The zero-order valence-corrected chi connectivity index (χ0v) is 8.91. The van der Waals surface area contributed by atoms with Crippen LogP contribution in [0, 0.1) is 0 Å². The molecule has 0 spiro atoms. The summed E-state index contributed by atoms with van der Waals surface area (Å²) in [7, 11) is 1.56. The Kier molecular flexibility index (Phi) is 3.97. The molecule has 0 saturated heterocycles. The van der Waals surface area contributed by atoms with Gasteiger partial charge in [0.1, 0.15) is 12.3 Å². The van der Waals surface area contributed by atoms with Crippen molar-refractivity contribution in [3.63, 3.8) is 0 Å². The number of methoxy groups -OCH3 is 1. The predicted molar refractivity (Wildman–Crippen MR) is 58.5 cm³/mol. The maximum Gasteiger partial charge on any atom is 0.322 e. The number of carboxylic acids is 1. The van der Waals surface area contributed by atoms with Gasteiger partial charge in [-0.1, -0.05) is 13.0 Å². The van der Waals surface area contributed by atoms with Crippen LogP contribution in [0.4, 0.5) is 5.69 Å². The monoisotopic (exact) mass is 209 g/mol. The molecule has 0 unspecified atom stereocenters. The summed E-state index contributed by atoms with van der Waals surface area (Å²) in [5.74, 6) is -0.229. The summed E-state index contributed by atoms with van der Waals surface area (Å²) in [4.78, 5) is 10.4. The highest BCUT2D eigenvalue weighted by atomic mass is 16.5. The average Bonchev–Trinajstić information content (AvgIpc) is 2.25. The first-order valence-electron chi connectivity index (χ1n) is 4.80. The fraction of sp³-hybridized carbons (Fsp3) is 0.364. The number of rotatable bonds is 5. The minimum atomic E-state index is -0.890. The summed E-state index contributed by atoms with van der Waals surface area (Å²) in [5, 5.41) is 11.4. The smallest absolute Gasteiger partial charge is 0.322 e. The van der Waals surface area contributed by atoms with Crippen LogP contribution < -0.4 is 10.1 Å². The van der Waals surface area contributed by atoms with Gasteiger partial charge >= 0.3 is 5.97 Å². The van der Waals surface area contributed by atoms with E-state index in [4.69, 9.17) is 9.84 Å². The number of nitrogens with one attached hydrogen (secondary N) is 1. The van der Waals surface area contributed by atoms with Crippen LogP contribution in [0.15, 0.2) is 18.2 Å². The van der Waals surface area contributed by atoms with E-state index >= 15 is 0 Å². The van der Waals surface area contributed by atoms with Gasteiger partial charge in [0.25, 0.3) is 0 Å². The molecule has 1 aromatic carbocycles. The van der Waals surface area contributed by atoms with Gasteiger partial charge < -0.3 is 15.2 Å². The summed E-state index contributed by atoms with van der Waals surface area (Å²) in [6.07, 6.45) is 0.908. The fourth-order valence-electron chi connectivity index (χ4n) is 1.28. The molecule has 0 aromatic heterocycles. The number of benzene rings is 1. The molecule has 0 amide bonds. The molecule has 15 heavy (non-hydrogen) atoms. The molecule has 1 rings (SSSR count). The second kappa shape index (κ2) is 5.24. The Labute approximate surface area is 88.9 Å². The third kappa shape index (κ3) is 3.16. The molecule has 0 bridgehead atoms. The van der Waals surface area contributed by atoms with E-state index in [9.17, 15) is 4.79 Å². The highest BCUT2D eigenvalue weighted by Gasteiger charge is 2.04. The van der Waals surface area contributed by atoms with Gasteiger partial charge in [-0.3, -0.25) is 4.79 Å². The van der Waals surface area contributed by atoms with Crippen LogP contribution in [0.3, 0.4) is 0 Å². The molecule has 4 nitrogen and oxygen atoms in total. The maximum atomic E-state index is 10.4. The van der Waals surface area contributed by atoms with Gasteiger partial charge in [0.15, 0.2) is 0 Å². The van der Waals surface area contributed by atoms with E-state index in [-0.39, 0.29) is 6.54 Å². The van der Waals surface area contributed by atoms with Crippen molar-refractivity contribution in [2.75, 3.05) is 19.0 Å². The Morgan fingerprint density at radius 2 is 2.27 bits per heavy atom. The number of aryl methyl sites for hydroxylation is 1. The highest BCUT2D eigenvalue weighted by Crippen LogP contribution is 2.25. The van der Waals surface area contributed by atoms with Gasteiger partial charge in [-0.25, -0.2) is 0 Å². The molecule has 0 aliphatic heterocycles. The predicted octanol–water partition coefficient (Wildman–Crippen LogP) is 1.75. The molecule has 0 aliphatic carbocycles. The largest absolute Gasteiger partial charge is 0.495 e. The van der Waals surface area contributed by atoms with Gasteiger partial charge in [-0.15, -0.1) is 0 Å². The third-order valence-electron chi connectivity index (χ3n) is 2.10. The number of aliphatic carboxylic acids is 1. The standard InChI is InChI=1S/C11H15NO3/c1-3-8-4-5-10(15-2)9(6-8)12-7-11(13)14/h4-6,12H,3,7H2,1-2H3,(H,13,14). The van der Waals surface area contributed by atoms with Crippen LogP contribution in [0.2, 0.25) is 0 Å². The Morgan fingerprint density at radius 3 is 2.80 bits per heavy atom. The minimum absolute atomic E-state index is 0.108. The molecular weight excluding hydrogens is 194 g/mol. The van der Waals surface area contributed by atoms with Crippen molar-refractivity contribution in [1.82, 2.24) is 0 Å². The van der Waals surface area contributed by atoms with E-state index < -0.39 is 5.97 Å². The lowest BCUT2D eigenvalue weighted by Gasteiger charge is -2.10. The SMILES string of the molecule is CCc1ccc(OC)c(NCC(=O)O)c1. The molecular formula is C11H15NO3. The van der Waals surface area contributed by atoms with Gasteiger partial charge in [0, 0.05) is 0 Å². The van der Waals surface area contributed by atoms with E-state index in [1.807, 2.05) is 25.1 Å². The molecule has 0 saturated carbocycles. The number of carbonyl (C=O) groups is 1. The van der Waals surface area contributed by atoms with E-state index in [1.165, 1.54) is 0 Å². The van der Waals surface area contributed by atoms with E-state index in [0.29, 0.717) is 5.75 Å². The summed E-state index contributed by atoms with van der Waals surface area (Å²) in [6.45, 7) is 1.94. The lowest BCUT2D eigenvalue weighted by atomic mass is 10.1. The molecule has 0 atom stereocenters. The number of hydrogen-bond acceptors (Lipinski definition) is 3. The summed E-state index contributed by atoms with van der Waals surface area (Å²) >= 11 is 0. The van der Waals surface area contributed by atoms with Gasteiger partial charge in [-0.2, -0.15) is 0 Å². The van der Waals surface area contributed by atoms with Crippen molar-refractivity contribution in [3.05, 3.63) is 23.8 Å². The molecule has 2 N–H and O–H groups in total. The normalized spacial score (nSPS) is 9.73. The first kappa shape index (κ1) is 11.4. The van der Waals surface area contributed by atoms with Crippen LogP contribution in [0.1, 0.15) is 12.5 Å². The van der Waals surface area contributed by atoms with Crippen LogP contribution in [-0.4, -0.2) is 24.7 Å². The molecule has 0 radical (unpaired) electrons. The fourth-order valence-corrected chi connectivity index (χ4v) is 1.28. The summed E-state index contributed by atoms with van der Waals surface area (Å²) in [5.41, 5.74) is 1.86. The highest BCUT2D eigenvalue weighted by molar-refractivity contribution is 5.74. The first-order valence-corrected chi connectivity index (χ1v) is 4.80. The molecule has 82 valence electrons. The molecule has 0 fully saturated rings. The Bertz CT molecular complexity index is 350. The summed E-state index contributed by atoms with van der Waals surface area (Å²) < 4.78 is 5.12. The molecule has 1 aromatic rings. The van der Waals surface area contributed by atoms with Crippen molar-refractivity contribution in [2.45, 2.75) is 13.3 Å². The third-order valence-corrected chi connectivity index (χ3v) is 2.10. The first-order chi connectivity index (χ1) is 7.17. The van der Waals surface area contributed by atoms with Crippen LogP contribution in [-0.2, 0) is 11.2 Å². The lowest BCUT2D eigenvalue weighted by molar-refractivity contribution is -0.134. The van der Waals surface area contributed by atoms with E-state index in [0.717, 1.165) is 17.7 Å². The van der Waals surface area contributed by atoms with Crippen molar-refractivity contribution in [1.29, 1.82) is 0 Å². The van der Waals surface area contributed by atoms with Gasteiger partial charge in [-0.05, 0) is 24.1 Å². The Hall–Kier alpha value is -1.71. The van der Waals surface area contributed by atoms with Crippen molar-refractivity contribution < 1.29 is 14.6 Å². The van der Waals surface area contributed by atoms with Crippen molar-refractivity contribution in [3.8, 4) is 5.75 Å². The number of anilines is 1. The quantitative estimate of drug-likeness (QED) is 0.775. The second-order valence-electron chi connectivity index (χ2n) is 3.14. The molecule has 0 heterocycles. The van der Waals surface area contributed by atoms with Crippen LogP contribution >= 0.6 is 0 Å². The van der Waals surface area contributed by atoms with Crippen molar-refractivity contribution in [2.24, 2.45) is 0 Å². The zero-order valence-electron chi connectivity index (χ0n) is 8.91. The molecule has 0 aliphatic rings. The topological polar surface area (TPSA) is 58.6 Å². The lowest BCUT2D eigenvalue weighted by Crippen LogP contribution is -2.13. The second-order valence-corrected chi connectivity index (χ2v) is 3.14. The molecule has 4 heteroatoms. The van der Waals surface area contributed by atoms with Gasteiger partial charge in [0.2, 0.25) is 0 Å². The van der Waals surface area contributed by atoms with Crippen molar-refractivity contribution >= 4 is 11.7 Å². The van der Waals surface area contributed by atoms with Gasteiger partial charge in [0.05, 0.1) is 12.8 Å². The average molecular weight is 209 g/mol. The Morgan fingerprint density at radius 1 is 1.53 bits per heavy atom. The number of ether oxygens (including phenoxy) is 1. The van der Waals surface area contributed by atoms with E-state index in [2.05, 4.69) is 5.32 Å². The number of hydrogen-bond donors (Lipinski definition) is 2. The van der Waals surface area contributed by atoms with Crippen LogP contribution in [0.5, 0.6) is 5.75 Å². The Balaban J connectivity index is 2.85. The maximum absolute atomic E-state index is 10.4. The summed E-state index contributed by atoms with van der Waals surface area (Å²) in [6, 6.07) is 5.70. The van der Waals surface area contributed by atoms with E-state index in [1.54, 1.807) is 7.11 Å². The minimum Gasteiger partial charge on any atom is -0.495 e. The van der Waals surface area contributed by atoms with Crippen LogP contribution in [0.25, 0.3) is 0 Å².